The molecule has 0 radical (unpaired) electrons. The molecule has 0 amide bonds. The van der Waals surface area contributed by atoms with Crippen molar-refractivity contribution in [2.75, 3.05) is 0 Å². The van der Waals surface area contributed by atoms with Crippen LogP contribution in [0.1, 0.15) is 10.4 Å². The average Bonchev–Trinajstić information content (AvgIpc) is 3.10. The molecule has 3 rings (SSSR count). The van der Waals surface area contributed by atoms with E-state index in [4.69, 9.17) is 16.3 Å². The van der Waals surface area contributed by atoms with E-state index in [1.807, 2.05) is 17.5 Å². The van der Waals surface area contributed by atoms with Crippen LogP contribution in [0, 0.1) is 10.1 Å². The van der Waals surface area contributed by atoms with Crippen molar-refractivity contribution >= 4 is 46.6 Å². The molecule has 0 unspecified atom stereocenters. The van der Waals surface area contributed by atoms with E-state index in [0.29, 0.717) is 5.56 Å². The van der Waals surface area contributed by atoms with Crippen LogP contribution in [-0.4, -0.2) is 16.8 Å². The van der Waals surface area contributed by atoms with Gasteiger partial charge in [0.15, 0.2) is 5.70 Å². The van der Waals surface area contributed by atoms with Gasteiger partial charge in [0.1, 0.15) is 0 Å². The zero-order chi connectivity index (χ0) is 15.7. The van der Waals surface area contributed by atoms with Gasteiger partial charge >= 0.3 is 5.97 Å². The molecule has 0 fully saturated rings. The van der Waals surface area contributed by atoms with E-state index < -0.39 is 10.9 Å². The van der Waals surface area contributed by atoms with E-state index in [2.05, 4.69) is 4.99 Å². The number of hydrogen-bond donors (Lipinski definition) is 0. The third-order valence-electron chi connectivity index (χ3n) is 2.84. The minimum absolute atomic E-state index is 0.0349. The molecule has 0 spiro atoms. The Morgan fingerprint density at radius 3 is 2.82 bits per heavy atom. The lowest BCUT2D eigenvalue weighted by atomic mass is 10.2. The van der Waals surface area contributed by atoms with Gasteiger partial charge in [0.2, 0.25) is 5.90 Å². The summed E-state index contributed by atoms with van der Waals surface area (Å²) in [5.41, 5.74) is 0.343. The maximum absolute atomic E-state index is 11.8. The normalized spacial score (nSPS) is 15.8. The number of thiophene rings is 1. The van der Waals surface area contributed by atoms with Crippen LogP contribution in [0.15, 0.2) is 46.4 Å². The zero-order valence-corrected chi connectivity index (χ0v) is 12.4. The Bertz CT molecular complexity index is 827. The van der Waals surface area contributed by atoms with Crippen LogP contribution in [-0.2, 0) is 9.53 Å². The number of hydrogen-bond acceptors (Lipinski definition) is 6. The maximum atomic E-state index is 11.8. The Labute approximate surface area is 133 Å². The number of benzene rings is 1. The van der Waals surface area contributed by atoms with E-state index in [1.165, 1.54) is 29.5 Å². The predicted octanol–water partition coefficient (Wildman–Crippen LogP) is 3.65. The van der Waals surface area contributed by atoms with Crippen LogP contribution in [0.4, 0.5) is 5.69 Å². The van der Waals surface area contributed by atoms with Crippen LogP contribution in [0.5, 0.6) is 0 Å². The Hall–Kier alpha value is -2.51. The molecule has 22 heavy (non-hydrogen) atoms. The number of nitrogens with zero attached hydrogens (tertiary/aromatic N) is 2. The van der Waals surface area contributed by atoms with Gasteiger partial charge in [-0.1, -0.05) is 17.7 Å². The van der Waals surface area contributed by atoms with Gasteiger partial charge in [-0.15, -0.1) is 11.3 Å². The SMILES string of the molecule is O=C1OC(c2ccc([N+](=O)[O-])cc2Cl)=N/C1=C\c1cccs1. The van der Waals surface area contributed by atoms with Crippen LogP contribution < -0.4 is 0 Å². The molecule has 0 saturated heterocycles. The molecule has 1 aliphatic rings. The molecular formula is C14H7ClN2O4S. The predicted molar refractivity (Wildman–Crippen MR) is 83.0 cm³/mol. The first-order valence-corrected chi connectivity index (χ1v) is 7.31. The monoisotopic (exact) mass is 334 g/mol. The van der Waals surface area contributed by atoms with Gasteiger partial charge in [0.05, 0.1) is 15.5 Å². The Kier molecular flexibility index (Phi) is 3.74. The molecule has 2 heterocycles. The highest BCUT2D eigenvalue weighted by Crippen LogP contribution is 2.27. The van der Waals surface area contributed by atoms with Crippen LogP contribution in [0.25, 0.3) is 6.08 Å². The summed E-state index contributed by atoms with van der Waals surface area (Å²) < 4.78 is 5.08. The molecule has 6 nitrogen and oxygen atoms in total. The first-order chi connectivity index (χ1) is 10.5. The molecule has 0 N–H and O–H groups in total. The number of carbonyl (C=O) groups excluding carboxylic acids is 1. The van der Waals surface area contributed by atoms with E-state index >= 15 is 0 Å². The topological polar surface area (TPSA) is 81.8 Å². The van der Waals surface area contributed by atoms with E-state index in [-0.39, 0.29) is 22.3 Å². The number of rotatable bonds is 3. The summed E-state index contributed by atoms with van der Waals surface area (Å²) >= 11 is 7.46. The van der Waals surface area contributed by atoms with Crippen molar-refractivity contribution < 1.29 is 14.5 Å². The van der Waals surface area contributed by atoms with Gasteiger partial charge in [0, 0.05) is 17.0 Å². The Morgan fingerprint density at radius 2 is 2.18 bits per heavy atom. The molecule has 1 aromatic heterocycles. The second-order valence-corrected chi connectivity index (χ2v) is 5.66. The van der Waals surface area contributed by atoms with Crippen LogP contribution in [0.3, 0.4) is 0 Å². The van der Waals surface area contributed by atoms with Gasteiger partial charge in [-0.2, -0.15) is 0 Å². The number of ether oxygens (including phenoxy) is 1. The van der Waals surface area contributed by atoms with Crippen molar-refractivity contribution in [3.05, 3.63) is 67.0 Å². The molecular weight excluding hydrogens is 328 g/mol. The van der Waals surface area contributed by atoms with Crippen molar-refractivity contribution in [3.8, 4) is 0 Å². The molecule has 0 atom stereocenters. The van der Waals surface area contributed by atoms with E-state index in [1.54, 1.807) is 6.08 Å². The van der Waals surface area contributed by atoms with Gasteiger partial charge in [-0.25, -0.2) is 9.79 Å². The average molecular weight is 335 g/mol. The number of halogens is 1. The van der Waals surface area contributed by atoms with Crippen molar-refractivity contribution in [2.24, 2.45) is 4.99 Å². The fraction of sp³-hybridized carbons (Fsp3) is 0. The van der Waals surface area contributed by atoms with E-state index in [0.717, 1.165) is 4.88 Å². The van der Waals surface area contributed by atoms with Crippen LogP contribution >= 0.6 is 22.9 Å². The summed E-state index contributed by atoms with van der Waals surface area (Å²) in [6.07, 6.45) is 1.61. The number of carbonyl (C=O) groups is 1. The lowest BCUT2D eigenvalue weighted by molar-refractivity contribution is -0.384. The molecule has 1 aromatic carbocycles. The smallest absolute Gasteiger partial charge is 0.363 e. The Balaban J connectivity index is 1.96. The minimum atomic E-state index is -0.585. The lowest BCUT2D eigenvalue weighted by Gasteiger charge is -2.02. The number of nitro groups is 1. The second-order valence-electron chi connectivity index (χ2n) is 4.27. The quantitative estimate of drug-likeness (QED) is 0.371. The molecule has 8 heteroatoms. The first kappa shape index (κ1) is 14.4. The van der Waals surface area contributed by atoms with Crippen molar-refractivity contribution in [3.63, 3.8) is 0 Å². The molecule has 0 bridgehead atoms. The summed E-state index contributed by atoms with van der Waals surface area (Å²) in [6.45, 7) is 0. The number of non-ortho nitro benzene ring substituents is 1. The third kappa shape index (κ3) is 2.76. The third-order valence-corrected chi connectivity index (χ3v) is 3.97. The second kappa shape index (κ2) is 5.70. The molecule has 0 saturated carbocycles. The number of cyclic esters (lactones) is 1. The van der Waals surface area contributed by atoms with E-state index in [9.17, 15) is 14.9 Å². The maximum Gasteiger partial charge on any atom is 0.363 e. The highest BCUT2D eigenvalue weighted by molar-refractivity contribution is 7.10. The number of nitro benzene ring substituents is 1. The summed E-state index contributed by atoms with van der Waals surface area (Å²) in [7, 11) is 0. The molecule has 2 aromatic rings. The van der Waals surface area contributed by atoms with Crippen molar-refractivity contribution in [2.45, 2.75) is 0 Å². The first-order valence-electron chi connectivity index (χ1n) is 6.05. The number of aliphatic imine (C=N–C) groups is 1. The Morgan fingerprint density at radius 1 is 1.36 bits per heavy atom. The highest BCUT2D eigenvalue weighted by Gasteiger charge is 2.26. The fourth-order valence-corrected chi connectivity index (χ4v) is 2.73. The molecule has 0 aliphatic carbocycles. The highest BCUT2D eigenvalue weighted by atomic mass is 35.5. The van der Waals surface area contributed by atoms with Gasteiger partial charge in [-0.05, 0) is 23.6 Å². The van der Waals surface area contributed by atoms with Crippen molar-refractivity contribution in [1.82, 2.24) is 0 Å². The molecule has 110 valence electrons. The summed E-state index contributed by atoms with van der Waals surface area (Å²) in [4.78, 5) is 26.9. The largest absolute Gasteiger partial charge is 0.402 e. The summed E-state index contributed by atoms with van der Waals surface area (Å²) in [5.74, 6) is -0.550. The van der Waals surface area contributed by atoms with Crippen molar-refractivity contribution in [1.29, 1.82) is 0 Å². The minimum Gasteiger partial charge on any atom is -0.402 e. The standard InChI is InChI=1S/C14H7ClN2O4S/c15-11-6-8(17(19)20)3-4-10(11)13-16-12(14(18)21-13)7-9-2-1-5-22-9/h1-7H/b12-7-. The zero-order valence-electron chi connectivity index (χ0n) is 10.9. The van der Waals surface area contributed by atoms with Gasteiger partial charge in [-0.3, -0.25) is 10.1 Å². The van der Waals surface area contributed by atoms with Crippen LogP contribution in [0.2, 0.25) is 5.02 Å². The van der Waals surface area contributed by atoms with Gasteiger partial charge in [0.25, 0.3) is 5.69 Å². The number of esters is 1. The lowest BCUT2D eigenvalue weighted by Crippen LogP contribution is -2.06. The summed E-state index contributed by atoms with van der Waals surface area (Å²) in [6, 6.07) is 7.57. The van der Waals surface area contributed by atoms with Gasteiger partial charge < -0.3 is 4.74 Å². The fourth-order valence-electron chi connectivity index (χ4n) is 1.82. The summed E-state index contributed by atoms with van der Waals surface area (Å²) in [5, 5.41) is 12.7. The molecule has 1 aliphatic heterocycles.